The van der Waals surface area contributed by atoms with E-state index < -0.39 is 0 Å². The highest BCUT2D eigenvalue weighted by Gasteiger charge is 2.31. The van der Waals surface area contributed by atoms with Crippen LogP contribution in [0.4, 0.5) is 5.69 Å². The number of aromatic nitrogens is 1. The first-order valence-corrected chi connectivity index (χ1v) is 8.30. The first-order chi connectivity index (χ1) is 11.5. The third-order valence-electron chi connectivity index (χ3n) is 4.12. The number of nitrogens with one attached hydrogen (secondary N) is 1. The molecule has 0 saturated carbocycles. The van der Waals surface area contributed by atoms with E-state index in [4.69, 9.17) is 5.41 Å². The van der Waals surface area contributed by atoms with Gasteiger partial charge in [-0.3, -0.25) is 5.41 Å². The second kappa shape index (κ2) is 5.35. The lowest BCUT2D eigenvalue weighted by Gasteiger charge is -2.19. The largest absolute Gasteiger partial charge is 0.510 e. The summed E-state index contributed by atoms with van der Waals surface area (Å²) in [6.45, 7) is 2.02. The number of benzene rings is 2. The fourth-order valence-electron chi connectivity index (χ4n) is 2.77. The zero-order valence-corrected chi connectivity index (χ0v) is 13.8. The second-order valence-electron chi connectivity index (χ2n) is 5.71. The standard InChI is InChI=1S/C18H15N3O2S/c1-10-6-7-11(8-13(10)22)21-9-14(23)16(17(21)19)18-20-12-4-2-3-5-15(12)24-18/h2-8,19,22-23H,9H2,1H3. The van der Waals surface area contributed by atoms with Gasteiger partial charge in [0, 0.05) is 11.8 Å². The highest BCUT2D eigenvalue weighted by molar-refractivity contribution is 7.19. The van der Waals surface area contributed by atoms with Gasteiger partial charge in [-0.2, -0.15) is 0 Å². The highest BCUT2D eigenvalue weighted by atomic mass is 32.1. The predicted octanol–water partition coefficient (Wildman–Crippen LogP) is 4.08. The molecule has 2 aromatic carbocycles. The number of aliphatic hydroxyl groups is 1. The van der Waals surface area contributed by atoms with Crippen molar-refractivity contribution in [2.24, 2.45) is 0 Å². The maximum atomic E-state index is 10.4. The fourth-order valence-corrected chi connectivity index (χ4v) is 3.80. The number of aryl methyl sites for hydroxylation is 1. The van der Waals surface area contributed by atoms with Crippen LogP contribution in [0.2, 0.25) is 0 Å². The van der Waals surface area contributed by atoms with E-state index in [0.29, 0.717) is 16.3 Å². The van der Waals surface area contributed by atoms with Crippen LogP contribution in [0.3, 0.4) is 0 Å². The number of phenols is 1. The van der Waals surface area contributed by atoms with Gasteiger partial charge in [0.05, 0.1) is 22.3 Å². The van der Waals surface area contributed by atoms with Crippen LogP contribution in [0.1, 0.15) is 10.6 Å². The molecule has 0 unspecified atom stereocenters. The van der Waals surface area contributed by atoms with Crippen LogP contribution >= 0.6 is 11.3 Å². The summed E-state index contributed by atoms with van der Waals surface area (Å²) in [4.78, 5) is 6.20. The summed E-state index contributed by atoms with van der Waals surface area (Å²) >= 11 is 1.46. The number of rotatable bonds is 2. The maximum absolute atomic E-state index is 10.4. The van der Waals surface area contributed by atoms with Crippen LogP contribution in [0.25, 0.3) is 15.8 Å². The van der Waals surface area contributed by atoms with Crippen LogP contribution in [0.15, 0.2) is 48.2 Å². The Morgan fingerprint density at radius 3 is 2.71 bits per heavy atom. The molecule has 3 N–H and O–H groups in total. The van der Waals surface area contributed by atoms with E-state index >= 15 is 0 Å². The zero-order valence-electron chi connectivity index (χ0n) is 12.9. The molecule has 0 amide bonds. The SMILES string of the molecule is Cc1ccc(N2CC(O)=C(c3nc4ccccc4s3)C2=N)cc1O. The van der Waals surface area contributed by atoms with Crippen LogP contribution < -0.4 is 4.90 Å². The molecule has 0 radical (unpaired) electrons. The molecule has 6 heteroatoms. The lowest BCUT2D eigenvalue weighted by molar-refractivity contribution is 0.411. The molecule has 0 fully saturated rings. The number of hydrogen-bond acceptors (Lipinski definition) is 5. The number of para-hydroxylation sites is 1. The van der Waals surface area contributed by atoms with Crippen molar-refractivity contribution in [3.8, 4) is 5.75 Å². The van der Waals surface area contributed by atoms with Crippen LogP contribution in [0, 0.1) is 12.3 Å². The number of nitrogens with zero attached hydrogens (tertiary/aromatic N) is 2. The number of anilines is 1. The first kappa shape index (κ1) is 14.7. The summed E-state index contributed by atoms with van der Waals surface area (Å²) < 4.78 is 1.02. The number of hydrogen-bond donors (Lipinski definition) is 3. The van der Waals surface area contributed by atoms with Gasteiger partial charge in [-0.05, 0) is 30.7 Å². The summed E-state index contributed by atoms with van der Waals surface area (Å²) in [7, 11) is 0. The number of amidine groups is 1. The van der Waals surface area contributed by atoms with Gasteiger partial charge in [-0.1, -0.05) is 18.2 Å². The van der Waals surface area contributed by atoms with Crippen molar-refractivity contribution < 1.29 is 10.2 Å². The molecule has 0 spiro atoms. The van der Waals surface area contributed by atoms with Gasteiger partial charge in [0.15, 0.2) is 0 Å². The van der Waals surface area contributed by atoms with E-state index in [1.165, 1.54) is 11.3 Å². The summed E-state index contributed by atoms with van der Waals surface area (Å²) in [5.74, 6) is 0.488. The molecular weight excluding hydrogens is 322 g/mol. The minimum atomic E-state index is 0.124. The Kier molecular flexibility index (Phi) is 3.28. The van der Waals surface area contributed by atoms with Gasteiger partial charge < -0.3 is 15.1 Å². The van der Waals surface area contributed by atoms with Crippen molar-refractivity contribution in [3.05, 3.63) is 58.8 Å². The Bertz CT molecular complexity index is 973. The van der Waals surface area contributed by atoms with E-state index in [2.05, 4.69) is 4.98 Å². The van der Waals surface area contributed by atoms with E-state index in [0.717, 1.165) is 15.8 Å². The smallest absolute Gasteiger partial charge is 0.139 e. The predicted molar refractivity (Wildman–Crippen MR) is 97.1 cm³/mol. The molecule has 0 aliphatic carbocycles. The highest BCUT2D eigenvalue weighted by Crippen LogP contribution is 2.36. The summed E-state index contributed by atoms with van der Waals surface area (Å²) in [6.07, 6.45) is 0. The number of aliphatic hydroxyl groups excluding tert-OH is 1. The Hall–Kier alpha value is -2.86. The van der Waals surface area contributed by atoms with Gasteiger partial charge in [0.1, 0.15) is 22.4 Å². The molecular formula is C18H15N3O2S. The number of thiazole rings is 1. The monoisotopic (exact) mass is 337 g/mol. The summed E-state index contributed by atoms with van der Waals surface area (Å²) in [5.41, 5.74) is 2.76. The first-order valence-electron chi connectivity index (χ1n) is 7.49. The van der Waals surface area contributed by atoms with Crippen LogP contribution in [0.5, 0.6) is 5.75 Å². The lowest BCUT2D eigenvalue weighted by Crippen LogP contribution is -2.25. The molecule has 120 valence electrons. The van der Waals surface area contributed by atoms with E-state index in [1.807, 2.05) is 37.3 Å². The fraction of sp³-hybridized carbons (Fsp3) is 0.111. The molecule has 1 aliphatic heterocycles. The van der Waals surface area contributed by atoms with Gasteiger partial charge in [-0.15, -0.1) is 11.3 Å². The Morgan fingerprint density at radius 2 is 1.96 bits per heavy atom. The summed E-state index contributed by atoms with van der Waals surface area (Å²) in [6, 6.07) is 13.0. The second-order valence-corrected chi connectivity index (χ2v) is 6.74. The minimum Gasteiger partial charge on any atom is -0.510 e. The topological polar surface area (TPSA) is 80.4 Å². The van der Waals surface area contributed by atoms with Crippen molar-refractivity contribution >= 4 is 38.6 Å². The molecule has 0 atom stereocenters. The average molecular weight is 337 g/mol. The van der Waals surface area contributed by atoms with E-state index in [-0.39, 0.29) is 23.9 Å². The lowest BCUT2D eigenvalue weighted by atomic mass is 10.2. The molecule has 3 aromatic rings. The molecule has 1 aliphatic rings. The Balaban J connectivity index is 1.73. The molecule has 4 rings (SSSR count). The molecule has 2 heterocycles. The van der Waals surface area contributed by atoms with Gasteiger partial charge >= 0.3 is 0 Å². The zero-order chi connectivity index (χ0) is 16.8. The third-order valence-corrected chi connectivity index (χ3v) is 5.17. The van der Waals surface area contributed by atoms with Gasteiger partial charge in [-0.25, -0.2) is 4.98 Å². The van der Waals surface area contributed by atoms with Crippen molar-refractivity contribution in [3.63, 3.8) is 0 Å². The van der Waals surface area contributed by atoms with Crippen LogP contribution in [-0.4, -0.2) is 27.6 Å². The molecule has 24 heavy (non-hydrogen) atoms. The van der Waals surface area contributed by atoms with Crippen molar-refractivity contribution in [2.45, 2.75) is 6.92 Å². The molecule has 1 aromatic heterocycles. The Labute approximate surface area is 142 Å². The molecule has 0 saturated heterocycles. The Morgan fingerprint density at radius 1 is 1.17 bits per heavy atom. The molecule has 5 nitrogen and oxygen atoms in total. The minimum absolute atomic E-state index is 0.124. The number of aromatic hydroxyl groups is 1. The maximum Gasteiger partial charge on any atom is 0.139 e. The van der Waals surface area contributed by atoms with Gasteiger partial charge in [0.2, 0.25) is 0 Å². The van der Waals surface area contributed by atoms with Crippen LogP contribution in [-0.2, 0) is 0 Å². The quantitative estimate of drug-likeness (QED) is 0.658. The summed E-state index contributed by atoms with van der Waals surface area (Å²) in [5, 5.41) is 29.4. The number of fused-ring (bicyclic) bond motifs is 1. The normalized spacial score (nSPS) is 14.9. The van der Waals surface area contributed by atoms with Gasteiger partial charge in [0.25, 0.3) is 0 Å². The molecule has 0 bridgehead atoms. The van der Waals surface area contributed by atoms with E-state index in [9.17, 15) is 10.2 Å². The van der Waals surface area contributed by atoms with Crippen molar-refractivity contribution in [1.29, 1.82) is 5.41 Å². The van der Waals surface area contributed by atoms with Crippen molar-refractivity contribution in [1.82, 2.24) is 4.98 Å². The van der Waals surface area contributed by atoms with E-state index in [1.54, 1.807) is 17.0 Å². The third kappa shape index (κ3) is 2.23. The van der Waals surface area contributed by atoms with Crippen molar-refractivity contribution in [2.75, 3.05) is 11.4 Å². The number of phenolic OH excluding ortho intramolecular Hbond substituents is 1. The average Bonchev–Trinajstić information content (AvgIpc) is 3.10.